The molecular formula is C8H12INO. The number of nitrogens with zero attached hydrogens (tertiary/aromatic N) is 1. The number of ketones is 1. The van der Waals surface area contributed by atoms with Gasteiger partial charge in [-0.05, 0) is 18.3 Å². The van der Waals surface area contributed by atoms with Crippen molar-refractivity contribution in [3.8, 4) is 0 Å². The summed E-state index contributed by atoms with van der Waals surface area (Å²) in [5, 5.41) is 0. The zero-order valence-electron chi connectivity index (χ0n) is 6.48. The molecule has 3 heteroatoms. The minimum atomic E-state index is 0.457. The molecule has 2 rings (SSSR count). The van der Waals surface area contributed by atoms with Crippen LogP contribution in [0.1, 0.15) is 25.7 Å². The molecule has 2 fully saturated rings. The fourth-order valence-corrected chi connectivity index (χ4v) is 2.57. The van der Waals surface area contributed by atoms with E-state index in [0.717, 1.165) is 12.8 Å². The van der Waals surface area contributed by atoms with Crippen LogP contribution >= 0.6 is 22.9 Å². The fraction of sp³-hybridized carbons (Fsp3) is 0.875. The molecule has 0 aromatic rings. The maximum atomic E-state index is 10.8. The Hall–Kier alpha value is 0.360. The largest absolute Gasteiger partial charge is 0.300 e. The van der Waals surface area contributed by atoms with Crippen molar-refractivity contribution in [1.82, 2.24) is 3.11 Å². The number of carbonyl (C=O) groups excluding carboxylic acids is 1. The fourth-order valence-electron chi connectivity index (χ4n) is 2.09. The average molecular weight is 265 g/mol. The summed E-state index contributed by atoms with van der Waals surface area (Å²) in [5.41, 5.74) is 0.457. The molecule has 1 aliphatic heterocycles. The Kier molecular flexibility index (Phi) is 1.95. The van der Waals surface area contributed by atoms with Crippen LogP contribution in [-0.2, 0) is 4.79 Å². The van der Waals surface area contributed by atoms with Gasteiger partial charge in [-0.15, -0.1) is 0 Å². The number of Topliss-reactive ketones (excluding diaryl/α,β-unsaturated/α-hetero) is 1. The molecule has 0 aromatic heterocycles. The molecule has 1 aliphatic carbocycles. The highest BCUT2D eigenvalue weighted by Gasteiger charge is 2.44. The predicted octanol–water partition coefficient (Wildman–Crippen LogP) is 1.78. The summed E-state index contributed by atoms with van der Waals surface area (Å²) in [6.07, 6.45) is 4.22. The van der Waals surface area contributed by atoms with Gasteiger partial charge in [0.15, 0.2) is 0 Å². The molecule has 0 amide bonds. The third-order valence-corrected chi connectivity index (χ3v) is 3.88. The molecule has 1 spiro atoms. The van der Waals surface area contributed by atoms with Gasteiger partial charge in [0.25, 0.3) is 0 Å². The second-order valence-corrected chi connectivity index (χ2v) is 5.17. The molecule has 0 aromatic carbocycles. The first-order valence-corrected chi connectivity index (χ1v) is 5.09. The van der Waals surface area contributed by atoms with Crippen LogP contribution in [0, 0.1) is 5.41 Å². The molecule has 0 unspecified atom stereocenters. The SMILES string of the molecule is O=C1CC2(CCN(I)CC2)C1. The quantitative estimate of drug-likeness (QED) is 0.491. The molecule has 62 valence electrons. The van der Waals surface area contributed by atoms with Crippen LogP contribution in [0.2, 0.25) is 0 Å². The topological polar surface area (TPSA) is 20.3 Å². The first-order valence-electron chi connectivity index (χ1n) is 4.13. The molecule has 0 radical (unpaired) electrons. The van der Waals surface area contributed by atoms with E-state index in [0.29, 0.717) is 11.2 Å². The van der Waals surface area contributed by atoms with Crippen LogP contribution in [0.5, 0.6) is 0 Å². The summed E-state index contributed by atoms with van der Waals surface area (Å²) in [5.74, 6) is 0.479. The van der Waals surface area contributed by atoms with Gasteiger partial charge in [-0.2, -0.15) is 0 Å². The highest BCUT2D eigenvalue weighted by atomic mass is 127. The van der Waals surface area contributed by atoms with Gasteiger partial charge in [0.1, 0.15) is 5.78 Å². The Labute approximate surface area is 80.8 Å². The van der Waals surface area contributed by atoms with Crippen molar-refractivity contribution in [1.29, 1.82) is 0 Å². The Bertz CT molecular complexity index is 175. The van der Waals surface area contributed by atoms with Crippen LogP contribution in [0.15, 0.2) is 0 Å². The Morgan fingerprint density at radius 3 is 2.27 bits per heavy atom. The second kappa shape index (κ2) is 2.69. The van der Waals surface area contributed by atoms with E-state index < -0.39 is 0 Å². The summed E-state index contributed by atoms with van der Waals surface area (Å²) >= 11 is 2.37. The van der Waals surface area contributed by atoms with Gasteiger partial charge >= 0.3 is 0 Å². The van der Waals surface area contributed by atoms with Crippen LogP contribution < -0.4 is 0 Å². The molecule has 2 aliphatic rings. The average Bonchev–Trinajstić information content (AvgIpc) is 1.92. The minimum Gasteiger partial charge on any atom is -0.300 e. The smallest absolute Gasteiger partial charge is 0.134 e. The van der Waals surface area contributed by atoms with E-state index in [1.807, 2.05) is 0 Å². The number of hydrogen-bond acceptors (Lipinski definition) is 2. The molecule has 0 atom stereocenters. The van der Waals surface area contributed by atoms with Crippen molar-refractivity contribution in [2.45, 2.75) is 25.7 Å². The van der Waals surface area contributed by atoms with Crippen molar-refractivity contribution in [2.24, 2.45) is 5.41 Å². The van der Waals surface area contributed by atoms with E-state index in [1.54, 1.807) is 0 Å². The molecule has 1 heterocycles. The van der Waals surface area contributed by atoms with Gasteiger partial charge < -0.3 is 0 Å². The maximum Gasteiger partial charge on any atom is 0.134 e. The summed E-state index contributed by atoms with van der Waals surface area (Å²) in [4.78, 5) is 10.8. The van der Waals surface area contributed by atoms with E-state index in [1.165, 1.54) is 25.9 Å². The monoisotopic (exact) mass is 265 g/mol. The van der Waals surface area contributed by atoms with Gasteiger partial charge in [-0.25, -0.2) is 3.11 Å². The zero-order valence-corrected chi connectivity index (χ0v) is 8.63. The normalized spacial score (nSPS) is 30.5. The molecule has 0 N–H and O–H groups in total. The highest BCUT2D eigenvalue weighted by molar-refractivity contribution is 14.1. The number of hydrogen-bond donors (Lipinski definition) is 0. The first-order chi connectivity index (χ1) is 5.20. The lowest BCUT2D eigenvalue weighted by Gasteiger charge is -2.45. The second-order valence-electron chi connectivity index (χ2n) is 3.80. The van der Waals surface area contributed by atoms with Crippen molar-refractivity contribution < 1.29 is 4.79 Å². The van der Waals surface area contributed by atoms with Crippen molar-refractivity contribution in [3.63, 3.8) is 0 Å². The molecule has 11 heavy (non-hydrogen) atoms. The Morgan fingerprint density at radius 1 is 1.27 bits per heavy atom. The summed E-state index contributed by atoms with van der Waals surface area (Å²) < 4.78 is 2.33. The van der Waals surface area contributed by atoms with Gasteiger partial charge in [-0.3, -0.25) is 4.79 Å². The van der Waals surface area contributed by atoms with Gasteiger partial charge in [0.2, 0.25) is 0 Å². The molecule has 0 bridgehead atoms. The summed E-state index contributed by atoms with van der Waals surface area (Å²) in [6.45, 7) is 2.35. The Morgan fingerprint density at radius 2 is 1.82 bits per heavy atom. The van der Waals surface area contributed by atoms with E-state index >= 15 is 0 Å². The van der Waals surface area contributed by atoms with E-state index in [4.69, 9.17) is 0 Å². The van der Waals surface area contributed by atoms with Crippen LogP contribution in [0.25, 0.3) is 0 Å². The third-order valence-electron chi connectivity index (χ3n) is 2.91. The number of piperidine rings is 1. The van der Waals surface area contributed by atoms with Crippen molar-refractivity contribution in [3.05, 3.63) is 0 Å². The summed E-state index contributed by atoms with van der Waals surface area (Å²) in [6, 6.07) is 0. The lowest BCUT2D eigenvalue weighted by Crippen LogP contribution is -2.44. The predicted molar refractivity (Wildman–Crippen MR) is 51.5 cm³/mol. The number of halogens is 1. The number of rotatable bonds is 0. The van der Waals surface area contributed by atoms with Crippen molar-refractivity contribution in [2.75, 3.05) is 13.1 Å². The third kappa shape index (κ3) is 1.45. The van der Waals surface area contributed by atoms with Crippen LogP contribution in [0.4, 0.5) is 0 Å². The van der Waals surface area contributed by atoms with E-state index in [-0.39, 0.29) is 0 Å². The van der Waals surface area contributed by atoms with Gasteiger partial charge in [0.05, 0.1) is 0 Å². The van der Waals surface area contributed by atoms with Crippen LogP contribution in [0.3, 0.4) is 0 Å². The maximum absolute atomic E-state index is 10.8. The summed E-state index contributed by atoms with van der Waals surface area (Å²) in [7, 11) is 0. The number of carbonyl (C=O) groups is 1. The zero-order chi connectivity index (χ0) is 7.90. The van der Waals surface area contributed by atoms with Gasteiger partial charge in [0, 0.05) is 48.8 Å². The minimum absolute atomic E-state index is 0.457. The lowest BCUT2D eigenvalue weighted by molar-refractivity contribution is -0.134. The first kappa shape index (κ1) is 7.98. The Balaban J connectivity index is 1.92. The van der Waals surface area contributed by atoms with Gasteiger partial charge in [-0.1, -0.05) is 0 Å². The lowest BCUT2D eigenvalue weighted by atomic mass is 9.63. The molecule has 1 saturated heterocycles. The van der Waals surface area contributed by atoms with E-state index in [2.05, 4.69) is 26.0 Å². The highest BCUT2D eigenvalue weighted by Crippen LogP contribution is 2.46. The molecule has 1 saturated carbocycles. The van der Waals surface area contributed by atoms with Crippen molar-refractivity contribution >= 4 is 28.6 Å². The molecular weight excluding hydrogens is 253 g/mol. The standard InChI is InChI=1S/C8H12INO/c9-10-3-1-8(2-4-10)5-7(11)6-8/h1-6H2. The van der Waals surface area contributed by atoms with Crippen LogP contribution in [-0.4, -0.2) is 22.0 Å². The molecule has 2 nitrogen and oxygen atoms in total. The van der Waals surface area contributed by atoms with E-state index in [9.17, 15) is 4.79 Å².